The minimum absolute atomic E-state index is 0.272. The topological polar surface area (TPSA) is 61.0 Å². The summed E-state index contributed by atoms with van der Waals surface area (Å²) >= 11 is 11.7. The fraction of sp³-hybridized carbons (Fsp3) is 0.0909. The second kappa shape index (κ2) is 5.21. The van der Waals surface area contributed by atoms with Crippen molar-refractivity contribution in [2.75, 3.05) is 5.73 Å². The highest BCUT2D eigenvalue weighted by Gasteiger charge is 2.03. The van der Waals surface area contributed by atoms with Crippen LogP contribution in [0.1, 0.15) is 5.69 Å². The second-order valence-electron chi connectivity index (χ2n) is 3.30. The van der Waals surface area contributed by atoms with Gasteiger partial charge < -0.3 is 10.5 Å². The quantitative estimate of drug-likeness (QED) is 0.931. The van der Waals surface area contributed by atoms with Gasteiger partial charge in [0.25, 0.3) is 0 Å². The average Bonchev–Trinajstić information content (AvgIpc) is 2.30. The number of nitrogen functional groups attached to an aromatic ring is 1. The Hall–Kier alpha value is -1.52. The van der Waals surface area contributed by atoms with Gasteiger partial charge >= 0.3 is 0 Å². The minimum atomic E-state index is 0.272. The largest absolute Gasteiger partial charge is 0.486 e. The Kier molecular flexibility index (Phi) is 3.66. The van der Waals surface area contributed by atoms with Gasteiger partial charge in [-0.05, 0) is 18.2 Å². The summed E-state index contributed by atoms with van der Waals surface area (Å²) in [5.41, 5.74) is 6.10. The van der Waals surface area contributed by atoms with Crippen LogP contribution < -0.4 is 10.5 Å². The van der Waals surface area contributed by atoms with Crippen molar-refractivity contribution in [3.63, 3.8) is 0 Å². The fourth-order valence-corrected chi connectivity index (χ4v) is 1.65. The standard InChI is InChI=1S/C11H9Cl2N3O/c12-7-1-2-10(9(13)3-7)17-6-8-4-16-11(14)5-15-8/h1-5H,6H2,(H2,14,16). The van der Waals surface area contributed by atoms with Crippen molar-refractivity contribution in [1.29, 1.82) is 0 Å². The molecule has 6 heteroatoms. The van der Waals surface area contributed by atoms with E-state index in [0.717, 1.165) is 0 Å². The molecule has 0 fully saturated rings. The van der Waals surface area contributed by atoms with E-state index in [9.17, 15) is 0 Å². The van der Waals surface area contributed by atoms with Crippen LogP contribution in [-0.2, 0) is 6.61 Å². The maximum Gasteiger partial charge on any atom is 0.141 e. The van der Waals surface area contributed by atoms with E-state index in [1.165, 1.54) is 6.20 Å². The van der Waals surface area contributed by atoms with Crippen LogP contribution in [0.4, 0.5) is 5.82 Å². The predicted molar refractivity (Wildman–Crippen MR) is 67.2 cm³/mol. The summed E-state index contributed by atoms with van der Waals surface area (Å²) in [5, 5.41) is 1.02. The molecule has 1 aromatic heterocycles. The van der Waals surface area contributed by atoms with E-state index >= 15 is 0 Å². The SMILES string of the molecule is Nc1cnc(COc2ccc(Cl)cc2Cl)cn1. The van der Waals surface area contributed by atoms with E-state index in [0.29, 0.717) is 27.3 Å². The molecule has 88 valence electrons. The Morgan fingerprint density at radius 2 is 2.00 bits per heavy atom. The van der Waals surface area contributed by atoms with Gasteiger partial charge in [-0.25, -0.2) is 4.98 Å². The van der Waals surface area contributed by atoms with Crippen molar-refractivity contribution < 1.29 is 4.74 Å². The monoisotopic (exact) mass is 269 g/mol. The van der Waals surface area contributed by atoms with Gasteiger partial charge in [0.2, 0.25) is 0 Å². The molecule has 0 spiro atoms. The molecular formula is C11H9Cl2N3O. The van der Waals surface area contributed by atoms with E-state index in [1.807, 2.05) is 0 Å². The molecule has 0 saturated heterocycles. The maximum absolute atomic E-state index is 5.96. The van der Waals surface area contributed by atoms with Gasteiger partial charge in [0.1, 0.15) is 18.2 Å². The number of aromatic nitrogens is 2. The Balaban J connectivity index is 2.04. The van der Waals surface area contributed by atoms with Gasteiger partial charge in [-0.2, -0.15) is 0 Å². The molecule has 0 aliphatic rings. The van der Waals surface area contributed by atoms with Gasteiger partial charge in [0.15, 0.2) is 0 Å². The number of hydrogen-bond acceptors (Lipinski definition) is 4. The zero-order chi connectivity index (χ0) is 12.3. The molecule has 2 aromatic rings. The van der Waals surface area contributed by atoms with Crippen molar-refractivity contribution in [3.8, 4) is 5.75 Å². The Labute approximate surface area is 108 Å². The highest BCUT2D eigenvalue weighted by Crippen LogP contribution is 2.27. The number of ether oxygens (including phenoxy) is 1. The van der Waals surface area contributed by atoms with Crippen LogP contribution in [0.3, 0.4) is 0 Å². The van der Waals surface area contributed by atoms with Crippen LogP contribution in [0.25, 0.3) is 0 Å². The zero-order valence-electron chi connectivity index (χ0n) is 8.73. The number of halogens is 2. The van der Waals surface area contributed by atoms with Gasteiger partial charge in [-0.15, -0.1) is 0 Å². The van der Waals surface area contributed by atoms with Crippen molar-refractivity contribution in [1.82, 2.24) is 9.97 Å². The summed E-state index contributed by atoms with van der Waals surface area (Å²) < 4.78 is 5.48. The van der Waals surface area contributed by atoms with Gasteiger partial charge in [-0.3, -0.25) is 4.98 Å². The van der Waals surface area contributed by atoms with E-state index in [-0.39, 0.29) is 6.61 Å². The molecule has 1 aromatic carbocycles. The molecular weight excluding hydrogens is 261 g/mol. The van der Waals surface area contributed by atoms with Crippen LogP contribution in [-0.4, -0.2) is 9.97 Å². The first-order valence-electron chi connectivity index (χ1n) is 4.79. The summed E-state index contributed by atoms with van der Waals surface area (Å²) in [4.78, 5) is 7.97. The average molecular weight is 270 g/mol. The first kappa shape index (κ1) is 12.0. The number of nitrogens with two attached hydrogens (primary N) is 1. The second-order valence-corrected chi connectivity index (χ2v) is 4.14. The third-order valence-corrected chi connectivity index (χ3v) is 2.53. The number of anilines is 1. The summed E-state index contributed by atoms with van der Waals surface area (Å²) in [7, 11) is 0. The molecule has 4 nitrogen and oxygen atoms in total. The van der Waals surface area contributed by atoms with E-state index in [4.69, 9.17) is 33.7 Å². The number of nitrogens with zero attached hydrogens (tertiary/aromatic N) is 2. The van der Waals surface area contributed by atoms with Crippen molar-refractivity contribution in [3.05, 3.63) is 46.3 Å². The molecule has 0 atom stereocenters. The predicted octanol–water partition coefficient (Wildman–Crippen LogP) is 2.94. The zero-order valence-corrected chi connectivity index (χ0v) is 10.2. The van der Waals surface area contributed by atoms with Crippen LogP contribution in [0.5, 0.6) is 5.75 Å². The number of rotatable bonds is 3. The molecule has 0 bridgehead atoms. The Morgan fingerprint density at radius 3 is 2.65 bits per heavy atom. The summed E-state index contributed by atoms with van der Waals surface area (Å²) in [6.07, 6.45) is 3.03. The van der Waals surface area contributed by atoms with E-state index in [2.05, 4.69) is 9.97 Å². The molecule has 1 heterocycles. The smallest absolute Gasteiger partial charge is 0.141 e. The third kappa shape index (κ3) is 3.22. The Bertz CT molecular complexity index is 517. The lowest BCUT2D eigenvalue weighted by atomic mass is 10.3. The summed E-state index contributed by atoms with van der Waals surface area (Å²) in [6, 6.07) is 5.03. The normalized spacial score (nSPS) is 10.2. The molecule has 0 amide bonds. The highest BCUT2D eigenvalue weighted by atomic mass is 35.5. The lowest BCUT2D eigenvalue weighted by molar-refractivity contribution is 0.301. The van der Waals surface area contributed by atoms with Crippen LogP contribution >= 0.6 is 23.2 Å². The molecule has 0 saturated carbocycles. The molecule has 0 aliphatic carbocycles. The first-order valence-corrected chi connectivity index (χ1v) is 5.55. The van der Waals surface area contributed by atoms with Crippen LogP contribution in [0.2, 0.25) is 10.0 Å². The van der Waals surface area contributed by atoms with Crippen molar-refractivity contribution in [2.24, 2.45) is 0 Å². The van der Waals surface area contributed by atoms with Crippen LogP contribution in [0, 0.1) is 0 Å². The summed E-state index contributed by atoms with van der Waals surface area (Å²) in [6.45, 7) is 0.272. The molecule has 2 rings (SSSR count). The van der Waals surface area contributed by atoms with Crippen LogP contribution in [0.15, 0.2) is 30.6 Å². The van der Waals surface area contributed by atoms with Gasteiger partial charge in [0, 0.05) is 5.02 Å². The van der Waals surface area contributed by atoms with Gasteiger partial charge in [0.05, 0.1) is 23.1 Å². The lowest BCUT2D eigenvalue weighted by Crippen LogP contribution is -2.01. The minimum Gasteiger partial charge on any atom is -0.486 e. The number of hydrogen-bond donors (Lipinski definition) is 1. The molecule has 17 heavy (non-hydrogen) atoms. The fourth-order valence-electron chi connectivity index (χ4n) is 1.18. The highest BCUT2D eigenvalue weighted by molar-refractivity contribution is 6.35. The number of benzene rings is 1. The molecule has 2 N–H and O–H groups in total. The first-order chi connectivity index (χ1) is 8.15. The lowest BCUT2D eigenvalue weighted by Gasteiger charge is -2.07. The molecule has 0 radical (unpaired) electrons. The third-order valence-electron chi connectivity index (χ3n) is 1.99. The summed E-state index contributed by atoms with van der Waals surface area (Å²) in [5.74, 6) is 0.924. The maximum atomic E-state index is 5.96. The Morgan fingerprint density at radius 1 is 1.18 bits per heavy atom. The van der Waals surface area contributed by atoms with E-state index < -0.39 is 0 Å². The van der Waals surface area contributed by atoms with Crippen molar-refractivity contribution in [2.45, 2.75) is 6.61 Å². The molecule has 0 aliphatic heterocycles. The van der Waals surface area contributed by atoms with E-state index in [1.54, 1.807) is 24.4 Å². The molecule has 0 unspecified atom stereocenters. The van der Waals surface area contributed by atoms with Gasteiger partial charge in [-0.1, -0.05) is 23.2 Å². The van der Waals surface area contributed by atoms with Crippen molar-refractivity contribution >= 4 is 29.0 Å².